The third-order valence-electron chi connectivity index (χ3n) is 4.82. The van der Waals surface area contributed by atoms with Gasteiger partial charge in [-0.15, -0.1) is 10.1 Å². The number of hydrogen-bond donors (Lipinski definition) is 1. The van der Waals surface area contributed by atoms with Gasteiger partial charge in [-0.2, -0.15) is 0 Å². The zero-order valence-corrected chi connectivity index (χ0v) is 20.0. The maximum atomic E-state index is 8.36. The molecule has 30 heavy (non-hydrogen) atoms. The quantitative estimate of drug-likeness (QED) is 0.167. The van der Waals surface area contributed by atoms with Gasteiger partial charge in [-0.1, -0.05) is 0 Å². The zero-order chi connectivity index (χ0) is 22.1. The van der Waals surface area contributed by atoms with Crippen molar-refractivity contribution >= 4 is 21.4 Å². The predicted octanol–water partition coefficient (Wildman–Crippen LogP) is 4.89. The molecule has 0 aliphatic heterocycles. The van der Waals surface area contributed by atoms with Crippen LogP contribution in [0.15, 0.2) is 85.5 Å². The molecular formula is C24H28NO3PPd. The summed E-state index contributed by atoms with van der Waals surface area (Å²) in [7, 11) is 0. The van der Waals surface area contributed by atoms with E-state index in [0.717, 1.165) is 4.89 Å². The van der Waals surface area contributed by atoms with Crippen molar-refractivity contribution in [1.29, 1.82) is 0 Å². The van der Waals surface area contributed by atoms with Gasteiger partial charge in [-0.3, -0.25) is 0 Å². The first kappa shape index (κ1) is 24.0. The minimum absolute atomic E-state index is 0.585. The summed E-state index contributed by atoms with van der Waals surface area (Å²) in [6.45, 7) is 10.9. The van der Waals surface area contributed by atoms with Crippen LogP contribution in [0.1, 0.15) is 16.7 Å². The van der Waals surface area contributed by atoms with Gasteiger partial charge in [0.15, 0.2) is 0 Å². The van der Waals surface area contributed by atoms with E-state index in [4.69, 9.17) is 15.3 Å². The van der Waals surface area contributed by atoms with Crippen LogP contribution in [0.3, 0.4) is 0 Å². The molecule has 0 unspecified atom stereocenters. The summed E-state index contributed by atoms with van der Waals surface area (Å²) in [5.41, 5.74) is 2.13. The van der Waals surface area contributed by atoms with E-state index >= 15 is 0 Å². The predicted molar refractivity (Wildman–Crippen MR) is 125 cm³/mol. The second-order valence-corrected chi connectivity index (χ2v) is 15.7. The van der Waals surface area contributed by atoms with E-state index in [9.17, 15) is 0 Å². The van der Waals surface area contributed by atoms with Crippen molar-refractivity contribution in [3.05, 3.63) is 112 Å². The van der Waals surface area contributed by atoms with Crippen molar-refractivity contribution in [2.24, 2.45) is 0 Å². The van der Waals surface area contributed by atoms with Crippen LogP contribution in [0.5, 0.6) is 0 Å². The van der Waals surface area contributed by atoms with Crippen LogP contribution in [-0.2, 0) is 17.5 Å². The van der Waals surface area contributed by atoms with Gasteiger partial charge in [0.2, 0.25) is 0 Å². The molecule has 0 aliphatic carbocycles. The third-order valence-corrected chi connectivity index (χ3v) is 16.7. The molecule has 4 nitrogen and oxygen atoms in total. The summed E-state index contributed by atoms with van der Waals surface area (Å²) in [6, 6.07) is 27.1. The Morgan fingerprint density at radius 2 is 1.17 bits per heavy atom. The summed E-state index contributed by atoms with van der Waals surface area (Å²) in [5.74, 6) is 0. The molecule has 0 aliphatic rings. The Bertz CT molecular complexity index is 908. The molecule has 0 radical (unpaired) electrons. The number of allylic oxidation sites excluding steroid dienone is 1. The maximum Gasteiger partial charge on any atom is 0.291 e. The standard InChI is InChI=1S/C21H21P.C3H5.HNO3.Pd/c1-16-10-4-7-13-19(16)22(20-14-8-5-11-17(20)2)21-15-9-6-12-18(21)3;1-3-2;2-1(3)4;/h4-15H,1-3H3;3H,1-2H2;(H,2,3,4);/q;;;-1/p+1. The first-order valence-corrected chi connectivity index (χ1v) is 14.7. The topological polar surface area (TPSA) is 63.4 Å². The average molecular weight is 516 g/mol. The molecule has 3 rings (SSSR count). The van der Waals surface area contributed by atoms with Crippen molar-refractivity contribution in [2.45, 2.75) is 25.7 Å². The van der Waals surface area contributed by atoms with Crippen LogP contribution < -0.4 is 15.9 Å². The SMILES string of the molecule is C=C[CH2][Pd][PH](c1ccccc1C)(c1ccccc1C)c1ccccc1C.O=[N+]([O-])O. The number of rotatable bonds is 6. The van der Waals surface area contributed by atoms with Crippen LogP contribution >= 0.6 is 5.45 Å². The van der Waals surface area contributed by atoms with Crippen LogP contribution in [0.4, 0.5) is 0 Å². The normalized spacial score (nSPS) is 11.3. The van der Waals surface area contributed by atoms with Crippen molar-refractivity contribution in [3.63, 3.8) is 0 Å². The number of aryl methyl sites for hydroxylation is 3. The van der Waals surface area contributed by atoms with Crippen LogP contribution in [0.2, 0.25) is 4.89 Å². The molecule has 0 atom stereocenters. The molecule has 0 aromatic heterocycles. The van der Waals surface area contributed by atoms with E-state index in [0.29, 0.717) is 17.5 Å². The fourth-order valence-electron chi connectivity index (χ4n) is 3.58. The molecular weight excluding hydrogens is 488 g/mol. The van der Waals surface area contributed by atoms with Crippen LogP contribution in [-0.4, -0.2) is 10.3 Å². The van der Waals surface area contributed by atoms with Gasteiger partial charge in [0.1, 0.15) is 0 Å². The van der Waals surface area contributed by atoms with Gasteiger partial charge >= 0.3 is 167 Å². The molecule has 0 amide bonds. The average Bonchev–Trinajstić information content (AvgIpc) is 2.71. The molecule has 0 saturated carbocycles. The summed E-state index contributed by atoms with van der Waals surface area (Å²) < 4.78 is 0. The van der Waals surface area contributed by atoms with Crippen LogP contribution in [0, 0.1) is 30.9 Å². The van der Waals surface area contributed by atoms with E-state index < -0.39 is 10.5 Å². The zero-order valence-electron chi connectivity index (χ0n) is 17.4. The first-order valence-electron chi connectivity index (χ1n) is 9.50. The van der Waals surface area contributed by atoms with Crippen LogP contribution in [0.25, 0.3) is 0 Å². The Labute approximate surface area is 186 Å². The fourth-order valence-corrected chi connectivity index (χ4v) is 16.5. The Kier molecular flexibility index (Phi) is 8.93. The van der Waals surface area contributed by atoms with E-state index in [1.807, 2.05) is 0 Å². The maximum absolute atomic E-state index is 8.36. The summed E-state index contributed by atoms with van der Waals surface area (Å²) in [4.78, 5) is 9.44. The van der Waals surface area contributed by atoms with Gasteiger partial charge in [0.25, 0.3) is 5.09 Å². The molecule has 0 saturated heterocycles. The van der Waals surface area contributed by atoms with Gasteiger partial charge in [-0.05, 0) is 0 Å². The fraction of sp³-hybridized carbons (Fsp3) is 0.167. The first-order chi connectivity index (χ1) is 14.3. The van der Waals surface area contributed by atoms with Gasteiger partial charge in [-0.25, -0.2) is 0 Å². The Balaban J connectivity index is 0.000000735. The van der Waals surface area contributed by atoms with Crippen molar-refractivity contribution < 1.29 is 27.8 Å². The molecule has 0 bridgehead atoms. The summed E-state index contributed by atoms with van der Waals surface area (Å²) >= 11 is 0.585. The minimum Gasteiger partial charge on any atom is -0.328 e. The van der Waals surface area contributed by atoms with Crippen molar-refractivity contribution in [1.82, 2.24) is 0 Å². The second kappa shape index (κ2) is 11.2. The third kappa shape index (κ3) is 5.43. The molecule has 0 spiro atoms. The monoisotopic (exact) mass is 515 g/mol. The van der Waals surface area contributed by atoms with Gasteiger partial charge < -0.3 is 5.21 Å². The van der Waals surface area contributed by atoms with E-state index in [1.54, 1.807) is 15.9 Å². The van der Waals surface area contributed by atoms with Gasteiger partial charge in [0, 0.05) is 0 Å². The van der Waals surface area contributed by atoms with E-state index in [2.05, 4.69) is 106 Å². The molecule has 0 fully saturated rings. The summed E-state index contributed by atoms with van der Waals surface area (Å²) in [5, 5.41) is 18.3. The largest absolute Gasteiger partial charge is 0.328 e. The number of benzene rings is 3. The molecule has 3 aromatic carbocycles. The Morgan fingerprint density at radius 3 is 1.43 bits per heavy atom. The molecule has 1 N–H and O–H groups in total. The minimum atomic E-state index is -2.10. The molecule has 3 aromatic rings. The molecule has 162 valence electrons. The molecule has 0 heterocycles. The van der Waals surface area contributed by atoms with Crippen molar-refractivity contribution in [3.8, 4) is 0 Å². The molecule has 6 heteroatoms. The Morgan fingerprint density at radius 1 is 0.867 bits per heavy atom. The van der Waals surface area contributed by atoms with E-state index in [-0.39, 0.29) is 0 Å². The summed E-state index contributed by atoms with van der Waals surface area (Å²) in [6.07, 6.45) is 2.10. The number of nitrogens with zero attached hydrogens (tertiary/aromatic N) is 1. The van der Waals surface area contributed by atoms with Gasteiger partial charge in [0.05, 0.1) is 0 Å². The number of hydrogen-bond acceptors (Lipinski definition) is 2. The van der Waals surface area contributed by atoms with Crippen molar-refractivity contribution in [2.75, 3.05) is 0 Å². The Hall–Kier alpha value is -2.31. The smallest absolute Gasteiger partial charge is 0.291 e. The van der Waals surface area contributed by atoms with E-state index in [1.165, 1.54) is 16.7 Å². The second-order valence-electron chi connectivity index (χ2n) is 6.82.